The van der Waals surface area contributed by atoms with Crippen molar-refractivity contribution in [1.82, 2.24) is 5.32 Å². The Labute approximate surface area is 404 Å². The number of carbonyl (C=O) groups is 1. The molecule has 0 bridgehead atoms. The van der Waals surface area contributed by atoms with Crippen molar-refractivity contribution in [2.24, 2.45) is 0 Å². The molecule has 9 heteroatoms. The molecule has 0 fully saturated rings. The molecule has 0 saturated carbocycles. The van der Waals surface area contributed by atoms with E-state index in [-0.39, 0.29) is 19.1 Å². The van der Waals surface area contributed by atoms with E-state index in [1.165, 1.54) is 199 Å². The summed E-state index contributed by atoms with van der Waals surface area (Å²) in [6.45, 7) is 4.82. The Balaban J connectivity index is 4.31. The van der Waals surface area contributed by atoms with Gasteiger partial charge in [-0.2, -0.15) is 0 Å². The molecule has 0 heterocycles. The van der Waals surface area contributed by atoms with Gasteiger partial charge in [-0.25, -0.2) is 4.57 Å². The zero-order chi connectivity index (χ0) is 47.8. The van der Waals surface area contributed by atoms with Crippen LogP contribution in [0.5, 0.6) is 0 Å². The van der Waals surface area contributed by atoms with Gasteiger partial charge in [-0.1, -0.05) is 249 Å². The standard InChI is InChI=1S/C56H109N2O6P/c1-6-8-10-12-14-16-18-20-22-24-26-28-29-30-31-33-35-37-39-41-43-45-47-49-55(59)54(53-64-65(61,62)63-52-51-58(3,4)5)57-56(60)50-48-46-44-42-40-38-36-34-32-27-25-23-21-19-17-15-13-11-9-7-2/h31,33,39,41,47,49,54-55,59H,6-30,32,34-38,40,42-46,48,50-53H2,1-5H3,(H-,57,60,61,62)/p+1/b33-31+,41-39+,49-47+. The molecule has 0 aromatic rings. The quantitative estimate of drug-likeness (QED) is 0.0243. The number of nitrogens with zero attached hydrogens (tertiary/aromatic N) is 1. The third-order valence-corrected chi connectivity index (χ3v) is 13.6. The number of aliphatic hydroxyl groups excluding tert-OH is 1. The number of amides is 1. The van der Waals surface area contributed by atoms with E-state index in [9.17, 15) is 19.4 Å². The number of hydrogen-bond acceptors (Lipinski definition) is 5. The first-order chi connectivity index (χ1) is 31.5. The highest BCUT2D eigenvalue weighted by Crippen LogP contribution is 2.43. The molecule has 0 aliphatic heterocycles. The van der Waals surface area contributed by atoms with Crippen molar-refractivity contribution in [3.05, 3.63) is 36.5 Å². The lowest BCUT2D eigenvalue weighted by Crippen LogP contribution is -2.45. The summed E-state index contributed by atoms with van der Waals surface area (Å²) in [5, 5.41) is 13.9. The summed E-state index contributed by atoms with van der Waals surface area (Å²) in [4.78, 5) is 23.3. The summed E-state index contributed by atoms with van der Waals surface area (Å²) in [6, 6.07) is -0.867. The van der Waals surface area contributed by atoms with Crippen LogP contribution in [-0.2, 0) is 18.4 Å². The molecule has 8 nitrogen and oxygen atoms in total. The van der Waals surface area contributed by atoms with Crippen LogP contribution in [0.2, 0.25) is 0 Å². The highest BCUT2D eigenvalue weighted by Gasteiger charge is 2.27. The van der Waals surface area contributed by atoms with Gasteiger partial charge in [0.15, 0.2) is 0 Å². The lowest BCUT2D eigenvalue weighted by molar-refractivity contribution is -0.870. The van der Waals surface area contributed by atoms with E-state index in [0.29, 0.717) is 17.4 Å². The molecule has 3 N–H and O–H groups in total. The number of quaternary nitrogens is 1. The first-order valence-electron chi connectivity index (χ1n) is 27.9. The van der Waals surface area contributed by atoms with Crippen LogP contribution in [0, 0.1) is 0 Å². The van der Waals surface area contributed by atoms with Crippen molar-refractivity contribution in [1.29, 1.82) is 0 Å². The van der Waals surface area contributed by atoms with Crippen LogP contribution in [0.4, 0.5) is 0 Å². The number of unbranched alkanes of at least 4 members (excludes halogenated alkanes) is 34. The number of likely N-dealkylation sites (N-methyl/N-ethyl adjacent to an activating group) is 1. The molecule has 3 unspecified atom stereocenters. The van der Waals surface area contributed by atoms with Gasteiger partial charge in [0.1, 0.15) is 13.2 Å². The summed E-state index contributed by atoms with van der Waals surface area (Å²) >= 11 is 0. The van der Waals surface area contributed by atoms with Gasteiger partial charge in [-0.3, -0.25) is 13.8 Å². The summed E-state index contributed by atoms with van der Waals surface area (Å²) in [6.07, 6.45) is 61.0. The highest BCUT2D eigenvalue weighted by molar-refractivity contribution is 7.47. The molecule has 0 rings (SSSR count). The zero-order valence-electron chi connectivity index (χ0n) is 43.7. The van der Waals surface area contributed by atoms with Crippen LogP contribution in [0.25, 0.3) is 0 Å². The Hall–Kier alpha value is -1.28. The molecule has 0 aliphatic rings. The van der Waals surface area contributed by atoms with Crippen molar-refractivity contribution in [2.75, 3.05) is 40.9 Å². The average molecular weight is 938 g/mol. The number of carbonyl (C=O) groups excluding carboxylic acids is 1. The van der Waals surface area contributed by atoms with Crippen LogP contribution in [-0.4, -0.2) is 73.4 Å². The molecule has 1 amide bonds. The SMILES string of the molecule is CCCCCCCCCCCCCCC/C=C/CC/C=C/CC/C=C/C(O)C(COP(=O)(O)OCC[N+](C)(C)C)NC(=O)CCCCCCCCCCCCCCCCCCCCCC. The second-order valence-electron chi connectivity index (χ2n) is 20.3. The van der Waals surface area contributed by atoms with E-state index in [1.54, 1.807) is 6.08 Å². The molecule has 0 spiro atoms. The summed E-state index contributed by atoms with van der Waals surface area (Å²) in [7, 11) is 1.56. The molecular formula is C56H110N2O6P+. The van der Waals surface area contributed by atoms with E-state index in [2.05, 4.69) is 43.5 Å². The average Bonchev–Trinajstić information content (AvgIpc) is 3.26. The Bertz CT molecular complexity index is 1150. The number of allylic oxidation sites excluding steroid dienone is 5. The van der Waals surface area contributed by atoms with E-state index in [4.69, 9.17) is 9.05 Å². The zero-order valence-corrected chi connectivity index (χ0v) is 44.6. The normalized spacial score (nSPS) is 14.3. The van der Waals surface area contributed by atoms with E-state index < -0.39 is 20.0 Å². The van der Waals surface area contributed by atoms with Crippen LogP contribution in [0.15, 0.2) is 36.5 Å². The maximum absolute atomic E-state index is 13.0. The number of hydrogen-bond donors (Lipinski definition) is 3. The van der Waals surface area contributed by atoms with Gasteiger partial charge in [0.25, 0.3) is 0 Å². The minimum absolute atomic E-state index is 0.0551. The predicted octanol–water partition coefficient (Wildman–Crippen LogP) is 16.6. The minimum Gasteiger partial charge on any atom is -0.387 e. The Morgan fingerprint density at radius 3 is 1.23 bits per heavy atom. The van der Waals surface area contributed by atoms with Crippen molar-refractivity contribution < 1.29 is 32.9 Å². The lowest BCUT2D eigenvalue weighted by atomic mass is 10.0. The van der Waals surface area contributed by atoms with E-state index in [1.807, 2.05) is 27.2 Å². The number of phosphoric acid groups is 1. The van der Waals surface area contributed by atoms with Crippen molar-refractivity contribution in [3.63, 3.8) is 0 Å². The largest absolute Gasteiger partial charge is 0.472 e. The number of aliphatic hydroxyl groups is 1. The smallest absolute Gasteiger partial charge is 0.387 e. The van der Waals surface area contributed by atoms with Crippen molar-refractivity contribution >= 4 is 13.7 Å². The first kappa shape index (κ1) is 63.7. The van der Waals surface area contributed by atoms with Gasteiger partial charge >= 0.3 is 7.82 Å². The van der Waals surface area contributed by atoms with Gasteiger partial charge in [-0.15, -0.1) is 0 Å². The van der Waals surface area contributed by atoms with Gasteiger partial charge in [0, 0.05) is 6.42 Å². The molecule has 0 saturated heterocycles. The second kappa shape index (κ2) is 47.8. The summed E-state index contributed by atoms with van der Waals surface area (Å²) in [5.74, 6) is -0.187. The maximum atomic E-state index is 13.0. The van der Waals surface area contributed by atoms with Crippen molar-refractivity contribution in [2.45, 2.75) is 276 Å². The third kappa shape index (κ3) is 50.4. The van der Waals surface area contributed by atoms with Crippen molar-refractivity contribution in [3.8, 4) is 0 Å². The van der Waals surface area contributed by atoms with Crippen LogP contribution >= 0.6 is 7.82 Å². The fraction of sp³-hybridized carbons (Fsp3) is 0.875. The van der Waals surface area contributed by atoms with Crippen LogP contribution in [0.3, 0.4) is 0 Å². The number of phosphoric ester groups is 1. The lowest BCUT2D eigenvalue weighted by Gasteiger charge is -2.25. The molecule has 0 radical (unpaired) electrons. The van der Waals surface area contributed by atoms with Gasteiger partial charge in [-0.05, 0) is 44.9 Å². The summed E-state index contributed by atoms with van der Waals surface area (Å²) < 4.78 is 23.7. The number of rotatable bonds is 51. The van der Waals surface area contributed by atoms with E-state index in [0.717, 1.165) is 44.9 Å². The Morgan fingerprint density at radius 2 is 0.846 bits per heavy atom. The van der Waals surface area contributed by atoms with Crippen LogP contribution in [0.1, 0.15) is 264 Å². The van der Waals surface area contributed by atoms with Crippen LogP contribution < -0.4 is 5.32 Å². The third-order valence-electron chi connectivity index (χ3n) is 12.6. The first-order valence-corrected chi connectivity index (χ1v) is 29.4. The molecule has 3 atom stereocenters. The molecule has 0 aromatic heterocycles. The highest BCUT2D eigenvalue weighted by atomic mass is 31.2. The van der Waals surface area contributed by atoms with Gasteiger partial charge < -0.3 is 19.8 Å². The monoisotopic (exact) mass is 938 g/mol. The maximum Gasteiger partial charge on any atom is 0.472 e. The predicted molar refractivity (Wildman–Crippen MR) is 281 cm³/mol. The fourth-order valence-electron chi connectivity index (χ4n) is 8.19. The molecule has 384 valence electrons. The molecular weight excluding hydrogens is 828 g/mol. The molecule has 0 aliphatic carbocycles. The molecule has 65 heavy (non-hydrogen) atoms. The Kier molecular flexibility index (Phi) is 46.8. The summed E-state index contributed by atoms with van der Waals surface area (Å²) in [5.41, 5.74) is 0. The Morgan fingerprint density at radius 1 is 0.508 bits per heavy atom. The number of nitrogens with one attached hydrogen (secondary N) is 1. The van der Waals surface area contributed by atoms with E-state index >= 15 is 0 Å². The van der Waals surface area contributed by atoms with Gasteiger partial charge in [0.05, 0.1) is 39.9 Å². The second-order valence-corrected chi connectivity index (χ2v) is 21.8. The minimum atomic E-state index is -4.36. The molecule has 0 aromatic carbocycles. The van der Waals surface area contributed by atoms with Gasteiger partial charge in [0.2, 0.25) is 5.91 Å². The fourth-order valence-corrected chi connectivity index (χ4v) is 8.93. The topological polar surface area (TPSA) is 105 Å².